The minimum absolute atomic E-state index is 0.00679. The number of nitrogens with two attached hydrogens (primary N) is 1. The van der Waals surface area contributed by atoms with Gasteiger partial charge in [-0.15, -0.1) is 0 Å². The molecule has 1 nitrogen and oxygen atoms in total. The molecule has 78 valence electrons. The average molecular weight is 199 g/mol. The minimum atomic E-state index is -0.405. The van der Waals surface area contributed by atoms with E-state index >= 15 is 0 Å². The maximum atomic E-state index is 13.3. The number of halogens is 2. The zero-order chi connectivity index (χ0) is 10.7. The Morgan fingerprint density at radius 1 is 1.29 bits per heavy atom. The molecular formula is C11H15F2N. The van der Waals surface area contributed by atoms with Crippen LogP contribution in [0.5, 0.6) is 0 Å². The van der Waals surface area contributed by atoms with Gasteiger partial charge in [-0.25, -0.2) is 8.78 Å². The Morgan fingerprint density at radius 2 is 1.93 bits per heavy atom. The van der Waals surface area contributed by atoms with E-state index in [4.69, 9.17) is 5.73 Å². The van der Waals surface area contributed by atoms with Gasteiger partial charge < -0.3 is 5.73 Å². The van der Waals surface area contributed by atoms with Crippen LogP contribution in [0.1, 0.15) is 31.7 Å². The van der Waals surface area contributed by atoms with Crippen LogP contribution in [0.2, 0.25) is 0 Å². The molecule has 0 amide bonds. The van der Waals surface area contributed by atoms with Crippen LogP contribution in [0.3, 0.4) is 0 Å². The molecule has 0 spiro atoms. The smallest absolute Gasteiger partial charge is 0.126 e. The highest BCUT2D eigenvalue weighted by Gasteiger charge is 2.13. The summed E-state index contributed by atoms with van der Waals surface area (Å²) in [5.41, 5.74) is 6.01. The quantitative estimate of drug-likeness (QED) is 0.795. The van der Waals surface area contributed by atoms with Crippen LogP contribution in [0.4, 0.5) is 8.78 Å². The fraction of sp³-hybridized carbons (Fsp3) is 0.455. The molecule has 2 N–H and O–H groups in total. The molecule has 0 saturated heterocycles. The van der Waals surface area contributed by atoms with Crippen molar-refractivity contribution in [1.82, 2.24) is 0 Å². The number of hydrogen-bond donors (Lipinski definition) is 1. The molecule has 3 heteroatoms. The second-order valence-corrected chi connectivity index (χ2v) is 3.78. The lowest BCUT2D eigenvalue weighted by molar-refractivity contribution is 0.532. The summed E-state index contributed by atoms with van der Waals surface area (Å²) >= 11 is 0. The minimum Gasteiger partial charge on any atom is -0.328 e. The highest BCUT2D eigenvalue weighted by molar-refractivity contribution is 5.22. The van der Waals surface area contributed by atoms with Gasteiger partial charge in [0.1, 0.15) is 11.6 Å². The molecule has 1 aromatic rings. The number of rotatable bonds is 3. The second-order valence-electron chi connectivity index (χ2n) is 3.78. The van der Waals surface area contributed by atoms with Crippen molar-refractivity contribution in [1.29, 1.82) is 0 Å². The summed E-state index contributed by atoms with van der Waals surface area (Å²) in [4.78, 5) is 0. The summed E-state index contributed by atoms with van der Waals surface area (Å²) in [6.07, 6.45) is 0.653. The SMILES string of the molecule is CC(N)CC(C)c1cc(F)ccc1F. The van der Waals surface area contributed by atoms with E-state index in [0.717, 1.165) is 12.1 Å². The molecule has 0 aliphatic carbocycles. The highest BCUT2D eigenvalue weighted by Crippen LogP contribution is 2.23. The molecule has 0 saturated carbocycles. The van der Waals surface area contributed by atoms with Crippen LogP contribution in [0, 0.1) is 11.6 Å². The van der Waals surface area contributed by atoms with E-state index in [-0.39, 0.29) is 17.8 Å². The lowest BCUT2D eigenvalue weighted by atomic mass is 9.94. The molecule has 2 atom stereocenters. The van der Waals surface area contributed by atoms with Crippen LogP contribution in [-0.4, -0.2) is 6.04 Å². The predicted octanol–water partition coefficient (Wildman–Crippen LogP) is 2.81. The highest BCUT2D eigenvalue weighted by atomic mass is 19.1. The van der Waals surface area contributed by atoms with Crippen LogP contribution < -0.4 is 5.73 Å². The van der Waals surface area contributed by atoms with Gasteiger partial charge in [0.25, 0.3) is 0 Å². The van der Waals surface area contributed by atoms with Crippen LogP contribution in [-0.2, 0) is 0 Å². The van der Waals surface area contributed by atoms with E-state index in [1.54, 1.807) is 0 Å². The van der Waals surface area contributed by atoms with Gasteiger partial charge in [0.15, 0.2) is 0 Å². The standard InChI is InChI=1S/C11H15F2N/c1-7(5-8(2)14)10-6-9(12)3-4-11(10)13/h3-4,6-8H,5,14H2,1-2H3. The summed E-state index contributed by atoms with van der Waals surface area (Å²) < 4.78 is 26.1. The Bertz CT molecular complexity index is 310. The lowest BCUT2D eigenvalue weighted by Gasteiger charge is -2.15. The fourth-order valence-electron chi connectivity index (χ4n) is 1.58. The van der Waals surface area contributed by atoms with E-state index in [1.165, 1.54) is 6.07 Å². The number of benzene rings is 1. The fourth-order valence-corrected chi connectivity index (χ4v) is 1.58. The Hall–Kier alpha value is -0.960. The molecule has 0 bridgehead atoms. The van der Waals surface area contributed by atoms with Crippen molar-refractivity contribution in [3.8, 4) is 0 Å². The summed E-state index contributed by atoms with van der Waals surface area (Å²) in [6, 6.07) is 3.51. The van der Waals surface area contributed by atoms with Crippen LogP contribution in [0.15, 0.2) is 18.2 Å². The molecule has 0 radical (unpaired) electrons. The molecule has 14 heavy (non-hydrogen) atoms. The van der Waals surface area contributed by atoms with E-state index < -0.39 is 5.82 Å². The largest absolute Gasteiger partial charge is 0.328 e. The molecule has 2 unspecified atom stereocenters. The van der Waals surface area contributed by atoms with Crippen molar-refractivity contribution in [3.05, 3.63) is 35.4 Å². The summed E-state index contributed by atoms with van der Waals surface area (Å²) in [5, 5.41) is 0. The Labute approximate surface area is 82.9 Å². The summed E-state index contributed by atoms with van der Waals surface area (Å²) in [5.74, 6) is -0.817. The third kappa shape index (κ3) is 2.77. The van der Waals surface area contributed by atoms with Gasteiger partial charge in [-0.2, -0.15) is 0 Å². The van der Waals surface area contributed by atoms with Crippen molar-refractivity contribution < 1.29 is 8.78 Å². The van der Waals surface area contributed by atoms with Crippen LogP contribution >= 0.6 is 0 Å². The van der Waals surface area contributed by atoms with Gasteiger partial charge in [-0.05, 0) is 43.0 Å². The third-order valence-corrected chi connectivity index (χ3v) is 2.21. The van der Waals surface area contributed by atoms with Gasteiger partial charge in [0.05, 0.1) is 0 Å². The summed E-state index contributed by atoms with van der Waals surface area (Å²) in [6.45, 7) is 3.70. The Morgan fingerprint density at radius 3 is 2.50 bits per heavy atom. The molecule has 1 rings (SSSR count). The molecule has 0 heterocycles. The molecule has 0 aliphatic heterocycles. The zero-order valence-corrected chi connectivity index (χ0v) is 8.43. The van der Waals surface area contributed by atoms with E-state index in [2.05, 4.69) is 0 Å². The van der Waals surface area contributed by atoms with Crippen molar-refractivity contribution in [2.24, 2.45) is 5.73 Å². The molecule has 1 aromatic carbocycles. The van der Waals surface area contributed by atoms with Crippen molar-refractivity contribution >= 4 is 0 Å². The van der Waals surface area contributed by atoms with Gasteiger partial charge in [0.2, 0.25) is 0 Å². The van der Waals surface area contributed by atoms with Gasteiger partial charge in [0, 0.05) is 6.04 Å². The number of hydrogen-bond acceptors (Lipinski definition) is 1. The first-order valence-electron chi connectivity index (χ1n) is 4.71. The zero-order valence-electron chi connectivity index (χ0n) is 8.43. The molecule has 0 fully saturated rings. The molecule has 0 aliphatic rings. The van der Waals surface area contributed by atoms with Crippen molar-refractivity contribution in [2.45, 2.75) is 32.2 Å². The van der Waals surface area contributed by atoms with E-state index in [0.29, 0.717) is 12.0 Å². The van der Waals surface area contributed by atoms with Crippen LogP contribution in [0.25, 0.3) is 0 Å². The topological polar surface area (TPSA) is 26.0 Å². The summed E-state index contributed by atoms with van der Waals surface area (Å²) in [7, 11) is 0. The molecule has 0 aromatic heterocycles. The first kappa shape index (κ1) is 11.1. The molecular weight excluding hydrogens is 184 g/mol. The van der Waals surface area contributed by atoms with Crippen molar-refractivity contribution in [3.63, 3.8) is 0 Å². The van der Waals surface area contributed by atoms with E-state index in [9.17, 15) is 8.78 Å². The Kier molecular flexibility index (Phi) is 3.58. The predicted molar refractivity (Wildman–Crippen MR) is 53.0 cm³/mol. The maximum absolute atomic E-state index is 13.3. The third-order valence-electron chi connectivity index (χ3n) is 2.21. The van der Waals surface area contributed by atoms with Crippen molar-refractivity contribution in [2.75, 3.05) is 0 Å². The second kappa shape index (κ2) is 4.51. The van der Waals surface area contributed by atoms with Gasteiger partial charge in [-0.1, -0.05) is 6.92 Å². The maximum Gasteiger partial charge on any atom is 0.126 e. The first-order valence-corrected chi connectivity index (χ1v) is 4.71. The van der Waals surface area contributed by atoms with Gasteiger partial charge >= 0.3 is 0 Å². The lowest BCUT2D eigenvalue weighted by Crippen LogP contribution is -2.18. The Balaban J connectivity index is 2.88. The normalized spacial score (nSPS) is 15.2. The monoisotopic (exact) mass is 199 g/mol. The van der Waals surface area contributed by atoms with Gasteiger partial charge in [-0.3, -0.25) is 0 Å². The average Bonchev–Trinajstić information content (AvgIpc) is 2.08. The van der Waals surface area contributed by atoms with E-state index in [1.807, 2.05) is 13.8 Å². The first-order chi connectivity index (χ1) is 6.50.